The van der Waals surface area contributed by atoms with Crippen LogP contribution in [0.4, 0.5) is 13.2 Å². The normalized spacial score (nSPS) is 21.0. The number of benzene rings is 1. The van der Waals surface area contributed by atoms with E-state index < -0.39 is 38.5 Å². The molecule has 1 aromatic carbocycles. The van der Waals surface area contributed by atoms with Crippen LogP contribution in [0, 0.1) is 23.2 Å². The first-order chi connectivity index (χ1) is 10.1. The largest absolute Gasteiger partial charge is 0.417 e. The van der Waals surface area contributed by atoms with Gasteiger partial charge in [0.1, 0.15) is 0 Å². The topological polar surface area (TPSA) is 87.0 Å². The summed E-state index contributed by atoms with van der Waals surface area (Å²) in [5.41, 5.74) is -1.80. The molecule has 0 saturated heterocycles. The highest BCUT2D eigenvalue weighted by Gasteiger charge is 2.42. The molecule has 0 radical (unpaired) electrons. The summed E-state index contributed by atoms with van der Waals surface area (Å²) in [6, 6.07) is 3.58. The van der Waals surface area contributed by atoms with Gasteiger partial charge in [0.15, 0.2) is 0 Å². The standard InChI is InChI=1S/C13H11F3N2O3S/c1-7-4-9(7)12(19)18-22(20,21)11-3-2-8(6-17)5-10(11)13(14,15)16/h2-3,5,7,9H,4H2,1H3,(H,18,19). The average Bonchev–Trinajstić information content (AvgIpc) is 3.14. The van der Waals surface area contributed by atoms with Gasteiger partial charge in [-0.3, -0.25) is 4.79 Å². The molecule has 2 atom stereocenters. The van der Waals surface area contributed by atoms with Crippen molar-refractivity contribution >= 4 is 15.9 Å². The molecule has 0 heterocycles. The highest BCUT2D eigenvalue weighted by atomic mass is 32.2. The molecule has 118 valence electrons. The van der Waals surface area contributed by atoms with Crippen LogP contribution in [0.2, 0.25) is 0 Å². The van der Waals surface area contributed by atoms with Crippen molar-refractivity contribution in [2.45, 2.75) is 24.4 Å². The van der Waals surface area contributed by atoms with Crippen molar-refractivity contribution in [2.75, 3.05) is 0 Å². The number of alkyl halides is 3. The first-order valence-electron chi connectivity index (χ1n) is 6.24. The molecule has 0 aromatic heterocycles. The van der Waals surface area contributed by atoms with Gasteiger partial charge in [-0.2, -0.15) is 18.4 Å². The number of nitrogens with zero attached hydrogens (tertiary/aromatic N) is 1. The fraction of sp³-hybridized carbons (Fsp3) is 0.385. The molecular weight excluding hydrogens is 321 g/mol. The van der Waals surface area contributed by atoms with Crippen LogP contribution >= 0.6 is 0 Å². The smallest absolute Gasteiger partial charge is 0.274 e. The summed E-state index contributed by atoms with van der Waals surface area (Å²) < 4.78 is 64.7. The van der Waals surface area contributed by atoms with Crippen LogP contribution in [0.15, 0.2) is 23.1 Å². The molecule has 9 heteroatoms. The van der Waals surface area contributed by atoms with E-state index in [0.29, 0.717) is 18.6 Å². The summed E-state index contributed by atoms with van der Waals surface area (Å²) >= 11 is 0. The maximum Gasteiger partial charge on any atom is 0.417 e. The summed E-state index contributed by atoms with van der Waals surface area (Å²) in [5.74, 6) is -1.30. The molecule has 5 nitrogen and oxygen atoms in total. The number of nitriles is 1. The third kappa shape index (κ3) is 3.22. The van der Waals surface area contributed by atoms with Gasteiger partial charge in [-0.1, -0.05) is 6.92 Å². The van der Waals surface area contributed by atoms with E-state index in [2.05, 4.69) is 0 Å². The molecule has 0 aliphatic heterocycles. The Balaban J connectivity index is 2.42. The van der Waals surface area contributed by atoms with E-state index >= 15 is 0 Å². The lowest BCUT2D eigenvalue weighted by atomic mass is 10.1. The van der Waals surface area contributed by atoms with Gasteiger partial charge in [0, 0.05) is 5.92 Å². The van der Waals surface area contributed by atoms with Crippen LogP contribution in [-0.4, -0.2) is 14.3 Å². The number of nitrogens with one attached hydrogen (secondary N) is 1. The van der Waals surface area contributed by atoms with Crippen molar-refractivity contribution in [3.8, 4) is 6.07 Å². The fourth-order valence-corrected chi connectivity index (χ4v) is 3.24. The van der Waals surface area contributed by atoms with Gasteiger partial charge in [0.2, 0.25) is 5.91 Å². The van der Waals surface area contributed by atoms with Crippen molar-refractivity contribution < 1.29 is 26.4 Å². The summed E-state index contributed by atoms with van der Waals surface area (Å²) in [6.07, 6.45) is -4.46. The first-order valence-corrected chi connectivity index (χ1v) is 7.72. The van der Waals surface area contributed by atoms with Crippen LogP contribution in [0.1, 0.15) is 24.5 Å². The van der Waals surface area contributed by atoms with Crippen molar-refractivity contribution in [3.63, 3.8) is 0 Å². The maximum atomic E-state index is 13.0. The number of hydrogen-bond acceptors (Lipinski definition) is 4. The summed E-state index contributed by atoms with van der Waals surface area (Å²) in [5, 5.41) is 8.64. The zero-order valence-corrected chi connectivity index (χ0v) is 12.1. The van der Waals surface area contributed by atoms with Gasteiger partial charge in [-0.15, -0.1) is 0 Å². The molecule has 1 N–H and O–H groups in total. The van der Waals surface area contributed by atoms with E-state index in [1.165, 1.54) is 6.07 Å². The third-order valence-electron chi connectivity index (χ3n) is 3.38. The second-order valence-electron chi connectivity index (χ2n) is 5.11. The molecular formula is C13H11F3N2O3S. The number of amides is 1. The highest BCUT2D eigenvalue weighted by molar-refractivity contribution is 7.90. The van der Waals surface area contributed by atoms with Crippen LogP contribution < -0.4 is 4.72 Å². The maximum absolute atomic E-state index is 13.0. The van der Waals surface area contributed by atoms with Crippen LogP contribution in [0.3, 0.4) is 0 Å². The summed E-state index contributed by atoms with van der Waals surface area (Å²) in [4.78, 5) is 10.6. The van der Waals surface area contributed by atoms with Gasteiger partial charge < -0.3 is 0 Å². The van der Waals surface area contributed by atoms with E-state index in [1.54, 1.807) is 11.6 Å². The van der Waals surface area contributed by atoms with E-state index in [4.69, 9.17) is 5.26 Å². The summed E-state index contributed by atoms with van der Waals surface area (Å²) in [7, 11) is -4.66. The van der Waals surface area contributed by atoms with Crippen LogP contribution in [-0.2, 0) is 21.0 Å². The number of halogens is 3. The molecule has 1 fully saturated rings. The number of carbonyl (C=O) groups excluding carboxylic acids is 1. The molecule has 1 amide bonds. The lowest BCUT2D eigenvalue weighted by Crippen LogP contribution is -2.33. The Bertz CT molecular complexity index is 766. The molecule has 0 spiro atoms. The zero-order chi connectivity index (χ0) is 16.7. The number of hydrogen-bond donors (Lipinski definition) is 1. The lowest BCUT2D eigenvalue weighted by molar-refractivity contribution is -0.140. The Kier molecular flexibility index (Phi) is 3.91. The second-order valence-corrected chi connectivity index (χ2v) is 6.76. The van der Waals surface area contributed by atoms with Gasteiger partial charge in [-0.05, 0) is 30.5 Å². The minimum absolute atomic E-state index is 0.0123. The fourth-order valence-electron chi connectivity index (χ4n) is 2.01. The SMILES string of the molecule is CC1CC1C(=O)NS(=O)(=O)c1ccc(C#N)cc1C(F)(F)F. The van der Waals surface area contributed by atoms with Crippen molar-refractivity contribution in [3.05, 3.63) is 29.3 Å². The zero-order valence-electron chi connectivity index (χ0n) is 11.3. The Hall–Kier alpha value is -2.08. The monoisotopic (exact) mass is 332 g/mol. The van der Waals surface area contributed by atoms with Crippen molar-refractivity contribution in [1.82, 2.24) is 4.72 Å². The molecule has 1 aliphatic rings. The quantitative estimate of drug-likeness (QED) is 0.917. The molecule has 2 rings (SSSR count). The third-order valence-corrected chi connectivity index (χ3v) is 4.79. The van der Waals surface area contributed by atoms with Crippen LogP contribution in [0.25, 0.3) is 0 Å². The van der Waals surface area contributed by atoms with E-state index in [9.17, 15) is 26.4 Å². The van der Waals surface area contributed by atoms with Gasteiger partial charge in [-0.25, -0.2) is 13.1 Å². The van der Waals surface area contributed by atoms with Gasteiger partial charge >= 0.3 is 6.18 Å². The Morgan fingerprint density at radius 3 is 2.45 bits per heavy atom. The number of carbonyl (C=O) groups is 1. The molecule has 22 heavy (non-hydrogen) atoms. The molecule has 1 saturated carbocycles. The Morgan fingerprint density at radius 2 is 2.00 bits per heavy atom. The second kappa shape index (κ2) is 5.28. The molecule has 1 aliphatic carbocycles. The Morgan fingerprint density at radius 1 is 1.41 bits per heavy atom. The van der Waals surface area contributed by atoms with E-state index in [-0.39, 0.29) is 11.5 Å². The van der Waals surface area contributed by atoms with Crippen molar-refractivity contribution in [2.24, 2.45) is 11.8 Å². The first kappa shape index (κ1) is 16.3. The Labute approximate surface area is 124 Å². The van der Waals surface area contributed by atoms with E-state index in [1.807, 2.05) is 0 Å². The number of sulfonamides is 1. The molecule has 0 bridgehead atoms. The minimum atomic E-state index is -4.97. The lowest BCUT2D eigenvalue weighted by Gasteiger charge is -2.14. The summed E-state index contributed by atoms with van der Waals surface area (Å²) in [6.45, 7) is 1.74. The predicted octanol–water partition coefficient (Wildman–Crippen LogP) is 2.04. The predicted molar refractivity (Wildman–Crippen MR) is 68.8 cm³/mol. The average molecular weight is 332 g/mol. The molecule has 2 unspecified atom stereocenters. The van der Waals surface area contributed by atoms with Crippen LogP contribution in [0.5, 0.6) is 0 Å². The number of rotatable bonds is 3. The van der Waals surface area contributed by atoms with Crippen molar-refractivity contribution in [1.29, 1.82) is 5.26 Å². The highest BCUT2D eigenvalue weighted by Crippen LogP contribution is 2.39. The molecule has 1 aromatic rings. The minimum Gasteiger partial charge on any atom is -0.274 e. The van der Waals surface area contributed by atoms with Gasteiger partial charge in [0.25, 0.3) is 10.0 Å². The van der Waals surface area contributed by atoms with Gasteiger partial charge in [0.05, 0.1) is 22.1 Å². The van der Waals surface area contributed by atoms with E-state index in [0.717, 1.165) is 6.07 Å².